The summed E-state index contributed by atoms with van der Waals surface area (Å²) < 4.78 is 30.3. The zero-order valence-corrected chi connectivity index (χ0v) is 16.3. The maximum absolute atomic E-state index is 12.2. The lowest BCUT2D eigenvalue weighted by molar-refractivity contribution is -0.121. The van der Waals surface area contributed by atoms with Crippen LogP contribution >= 0.6 is 0 Å². The van der Waals surface area contributed by atoms with Gasteiger partial charge in [-0.3, -0.25) is 4.79 Å². The van der Waals surface area contributed by atoms with Gasteiger partial charge in [-0.1, -0.05) is 23.8 Å². The van der Waals surface area contributed by atoms with Crippen LogP contribution in [0.25, 0.3) is 0 Å². The van der Waals surface area contributed by atoms with Crippen molar-refractivity contribution in [2.24, 2.45) is 0 Å². The van der Waals surface area contributed by atoms with Gasteiger partial charge in [-0.15, -0.1) is 0 Å². The van der Waals surface area contributed by atoms with Gasteiger partial charge >= 0.3 is 0 Å². The van der Waals surface area contributed by atoms with Crippen LogP contribution in [0.5, 0.6) is 5.75 Å². The number of sulfonamides is 1. The van der Waals surface area contributed by atoms with Gasteiger partial charge < -0.3 is 10.1 Å². The normalized spacial score (nSPS) is 14.8. The molecule has 1 aromatic rings. The molecule has 0 bridgehead atoms. The largest absolute Gasteiger partial charge is 0.497 e. The van der Waals surface area contributed by atoms with Crippen molar-refractivity contribution in [2.75, 3.05) is 26.5 Å². The minimum absolute atomic E-state index is 0.154. The van der Waals surface area contributed by atoms with E-state index in [-0.39, 0.29) is 19.0 Å². The number of carbonyl (C=O) groups is 1. The van der Waals surface area contributed by atoms with Gasteiger partial charge in [0.1, 0.15) is 5.75 Å². The summed E-state index contributed by atoms with van der Waals surface area (Å²) in [6.07, 6.45) is 8.88. The predicted octanol–water partition coefficient (Wildman–Crippen LogP) is 2.46. The van der Waals surface area contributed by atoms with E-state index in [0.717, 1.165) is 31.1 Å². The highest BCUT2D eigenvalue weighted by Crippen LogP contribution is 2.19. The molecule has 26 heavy (non-hydrogen) atoms. The lowest BCUT2D eigenvalue weighted by Crippen LogP contribution is -2.40. The third kappa shape index (κ3) is 6.80. The molecule has 0 unspecified atom stereocenters. The van der Waals surface area contributed by atoms with Crippen LogP contribution in [0, 0.1) is 0 Å². The van der Waals surface area contributed by atoms with E-state index < -0.39 is 10.0 Å². The summed E-state index contributed by atoms with van der Waals surface area (Å²) >= 11 is 0. The van der Waals surface area contributed by atoms with Gasteiger partial charge in [-0.05, 0) is 49.8 Å². The number of nitrogens with zero attached hydrogens (tertiary/aromatic N) is 1. The number of hydrogen-bond acceptors (Lipinski definition) is 4. The number of benzene rings is 1. The lowest BCUT2D eigenvalue weighted by Gasteiger charge is -2.20. The van der Waals surface area contributed by atoms with Gasteiger partial charge in [0.25, 0.3) is 0 Å². The van der Waals surface area contributed by atoms with Crippen molar-refractivity contribution in [1.29, 1.82) is 0 Å². The zero-order chi connectivity index (χ0) is 19.0. The number of methoxy groups -OCH3 is 1. The molecule has 0 spiro atoms. The van der Waals surface area contributed by atoms with E-state index in [9.17, 15) is 13.2 Å². The second-order valence-electron chi connectivity index (χ2n) is 6.59. The molecule has 7 heteroatoms. The fraction of sp³-hybridized carbons (Fsp3) is 0.526. The molecule has 1 amide bonds. The first-order valence-electron chi connectivity index (χ1n) is 8.91. The van der Waals surface area contributed by atoms with Gasteiger partial charge in [0.2, 0.25) is 15.9 Å². The molecule has 1 aromatic carbocycles. The SMILES string of the molecule is COc1ccc(CN(CC(=O)NCCC2=CCCCC2)S(C)(=O)=O)cc1. The van der Waals surface area contributed by atoms with E-state index >= 15 is 0 Å². The van der Waals surface area contributed by atoms with Crippen LogP contribution in [0.15, 0.2) is 35.9 Å². The fourth-order valence-corrected chi connectivity index (χ4v) is 3.67. The third-order valence-electron chi connectivity index (χ3n) is 4.46. The van der Waals surface area contributed by atoms with Crippen molar-refractivity contribution in [3.05, 3.63) is 41.5 Å². The Balaban J connectivity index is 1.87. The Hall–Kier alpha value is -1.86. The number of carbonyl (C=O) groups excluding carboxylic acids is 1. The van der Waals surface area contributed by atoms with Crippen LogP contribution in [0.3, 0.4) is 0 Å². The minimum Gasteiger partial charge on any atom is -0.497 e. The van der Waals surface area contributed by atoms with Gasteiger partial charge in [0.05, 0.1) is 19.9 Å². The van der Waals surface area contributed by atoms with Gasteiger partial charge in [0.15, 0.2) is 0 Å². The molecule has 0 aromatic heterocycles. The number of ether oxygens (including phenoxy) is 1. The molecule has 1 aliphatic rings. The van der Waals surface area contributed by atoms with E-state index in [2.05, 4.69) is 11.4 Å². The van der Waals surface area contributed by atoms with Crippen molar-refractivity contribution >= 4 is 15.9 Å². The summed E-state index contributed by atoms with van der Waals surface area (Å²) in [6.45, 7) is 0.524. The first-order chi connectivity index (χ1) is 12.4. The van der Waals surface area contributed by atoms with E-state index in [1.165, 1.54) is 22.7 Å². The number of allylic oxidation sites excluding steroid dienone is 1. The topological polar surface area (TPSA) is 75.7 Å². The molecule has 0 saturated heterocycles. The Bertz CT molecular complexity index is 726. The highest BCUT2D eigenvalue weighted by molar-refractivity contribution is 7.88. The summed E-state index contributed by atoms with van der Waals surface area (Å²) in [5.74, 6) is 0.426. The monoisotopic (exact) mass is 380 g/mol. The molecule has 0 saturated carbocycles. The molecular formula is C19H28N2O4S. The zero-order valence-electron chi connectivity index (χ0n) is 15.5. The van der Waals surface area contributed by atoms with Crippen molar-refractivity contribution in [1.82, 2.24) is 9.62 Å². The number of hydrogen-bond donors (Lipinski definition) is 1. The van der Waals surface area contributed by atoms with Crippen molar-refractivity contribution in [2.45, 2.75) is 38.6 Å². The van der Waals surface area contributed by atoms with Crippen molar-refractivity contribution in [3.63, 3.8) is 0 Å². The highest BCUT2D eigenvalue weighted by Gasteiger charge is 2.20. The second kappa shape index (κ2) is 9.73. The van der Waals surface area contributed by atoms with Gasteiger partial charge in [-0.25, -0.2) is 8.42 Å². The Kier molecular flexibility index (Phi) is 7.66. The minimum atomic E-state index is -3.49. The molecule has 6 nitrogen and oxygen atoms in total. The van der Waals surface area contributed by atoms with Gasteiger partial charge in [-0.2, -0.15) is 4.31 Å². The van der Waals surface area contributed by atoms with E-state index in [4.69, 9.17) is 4.74 Å². The Morgan fingerprint density at radius 3 is 2.54 bits per heavy atom. The van der Waals surface area contributed by atoms with Crippen LogP contribution in [0.4, 0.5) is 0 Å². The molecule has 0 radical (unpaired) electrons. The summed E-state index contributed by atoms with van der Waals surface area (Å²) in [4.78, 5) is 12.2. The molecule has 1 aliphatic carbocycles. The quantitative estimate of drug-likeness (QED) is 0.668. The Labute approximate surface area is 156 Å². The third-order valence-corrected chi connectivity index (χ3v) is 5.66. The summed E-state index contributed by atoms with van der Waals surface area (Å²) in [5.41, 5.74) is 2.19. The molecule has 0 atom stereocenters. The van der Waals surface area contributed by atoms with Crippen LogP contribution < -0.4 is 10.1 Å². The lowest BCUT2D eigenvalue weighted by atomic mass is 9.97. The fourth-order valence-electron chi connectivity index (χ4n) is 2.94. The number of rotatable bonds is 9. The number of amides is 1. The molecule has 144 valence electrons. The molecule has 0 fully saturated rings. The van der Waals surface area contributed by atoms with Crippen molar-refractivity contribution in [3.8, 4) is 5.75 Å². The maximum Gasteiger partial charge on any atom is 0.235 e. The van der Waals surface area contributed by atoms with E-state index in [1.54, 1.807) is 31.4 Å². The maximum atomic E-state index is 12.2. The average Bonchev–Trinajstić information content (AvgIpc) is 2.62. The Morgan fingerprint density at radius 1 is 1.23 bits per heavy atom. The van der Waals surface area contributed by atoms with Crippen molar-refractivity contribution < 1.29 is 17.9 Å². The molecule has 0 heterocycles. The first kappa shape index (κ1) is 20.5. The first-order valence-corrected chi connectivity index (χ1v) is 10.8. The average molecular weight is 381 g/mol. The highest BCUT2D eigenvalue weighted by atomic mass is 32.2. The second-order valence-corrected chi connectivity index (χ2v) is 8.57. The molecule has 0 aliphatic heterocycles. The summed E-state index contributed by atoms with van der Waals surface area (Å²) in [6, 6.07) is 7.14. The van der Waals surface area contributed by atoms with Crippen LogP contribution in [-0.4, -0.2) is 45.1 Å². The summed E-state index contributed by atoms with van der Waals surface area (Å²) in [5, 5.41) is 2.83. The molecule has 2 rings (SSSR count). The van der Waals surface area contributed by atoms with E-state index in [0.29, 0.717) is 12.3 Å². The standard InChI is InChI=1S/C19H28N2O4S/c1-25-18-10-8-17(9-11-18)14-21(26(2,23)24)15-19(22)20-13-12-16-6-4-3-5-7-16/h6,8-11H,3-5,7,12-15H2,1-2H3,(H,20,22). The number of nitrogens with one attached hydrogen (secondary N) is 1. The van der Waals surface area contributed by atoms with Crippen LogP contribution in [-0.2, 0) is 21.4 Å². The molecular weight excluding hydrogens is 352 g/mol. The van der Waals surface area contributed by atoms with Crippen LogP contribution in [0.2, 0.25) is 0 Å². The smallest absolute Gasteiger partial charge is 0.235 e. The van der Waals surface area contributed by atoms with E-state index in [1.807, 2.05) is 0 Å². The predicted molar refractivity (Wildman–Crippen MR) is 102 cm³/mol. The Morgan fingerprint density at radius 2 is 1.96 bits per heavy atom. The van der Waals surface area contributed by atoms with Gasteiger partial charge in [0, 0.05) is 13.1 Å². The summed E-state index contributed by atoms with van der Waals surface area (Å²) in [7, 11) is -1.91. The van der Waals surface area contributed by atoms with Crippen LogP contribution in [0.1, 0.15) is 37.7 Å². The molecule has 1 N–H and O–H groups in total.